The van der Waals surface area contributed by atoms with Crippen molar-refractivity contribution in [3.05, 3.63) is 60.2 Å². The summed E-state index contributed by atoms with van der Waals surface area (Å²) in [6.07, 6.45) is 3.24. The minimum absolute atomic E-state index is 0.0619. The highest BCUT2D eigenvalue weighted by Gasteiger charge is 2.45. The van der Waals surface area contributed by atoms with Gasteiger partial charge in [-0.15, -0.1) is 0 Å². The van der Waals surface area contributed by atoms with Crippen LogP contribution in [0.1, 0.15) is 63.5 Å². The fourth-order valence-corrected chi connectivity index (χ4v) is 3.99. The lowest BCUT2D eigenvalue weighted by atomic mass is 9.72. The minimum Gasteiger partial charge on any atom is -0.508 e. The molecule has 11 nitrogen and oxygen atoms in total. The maximum Gasteiger partial charge on any atom is 0.551 e. The van der Waals surface area contributed by atoms with E-state index in [-0.39, 0.29) is 24.5 Å². The van der Waals surface area contributed by atoms with E-state index in [0.29, 0.717) is 6.42 Å². The van der Waals surface area contributed by atoms with E-state index in [2.05, 4.69) is 20.6 Å². The Morgan fingerprint density at radius 2 is 1.85 bits per heavy atom. The predicted molar refractivity (Wildman–Crippen MR) is 142 cm³/mol. The highest BCUT2D eigenvalue weighted by Crippen LogP contribution is 2.21. The first-order valence-electron chi connectivity index (χ1n) is 12.9. The molecule has 0 aliphatic carbocycles. The lowest BCUT2D eigenvalue weighted by Crippen LogP contribution is -2.59. The molecule has 0 unspecified atom stereocenters. The molecule has 0 saturated carbocycles. The van der Waals surface area contributed by atoms with E-state index >= 15 is 0 Å². The Morgan fingerprint density at radius 3 is 2.46 bits per heavy atom. The molecule has 208 valence electrons. The van der Waals surface area contributed by atoms with E-state index in [1.807, 2.05) is 44.2 Å². The number of aromatic nitrogens is 2. The van der Waals surface area contributed by atoms with E-state index in [1.54, 1.807) is 20.8 Å². The average Bonchev–Trinajstić information content (AvgIpc) is 2.87. The molecule has 39 heavy (non-hydrogen) atoms. The van der Waals surface area contributed by atoms with Crippen LogP contribution in [0.5, 0.6) is 0 Å². The van der Waals surface area contributed by atoms with Gasteiger partial charge in [-0.3, -0.25) is 19.4 Å². The number of nitrogens with zero attached hydrogens (tertiary/aromatic N) is 2. The second-order valence-corrected chi connectivity index (χ2v) is 10.8. The van der Waals surface area contributed by atoms with E-state index in [0.717, 1.165) is 5.56 Å². The average molecular weight is 538 g/mol. The van der Waals surface area contributed by atoms with E-state index in [1.165, 1.54) is 18.6 Å². The van der Waals surface area contributed by atoms with Crippen molar-refractivity contribution in [3.8, 4) is 0 Å². The normalized spacial score (nSPS) is 17.1. The summed E-state index contributed by atoms with van der Waals surface area (Å²) in [6, 6.07) is 8.23. The van der Waals surface area contributed by atoms with E-state index < -0.39 is 54.6 Å². The summed E-state index contributed by atoms with van der Waals surface area (Å²) >= 11 is 0. The van der Waals surface area contributed by atoms with Crippen LogP contribution in [0.15, 0.2) is 48.9 Å². The Labute approximate surface area is 228 Å². The zero-order valence-electron chi connectivity index (χ0n) is 22.9. The smallest absolute Gasteiger partial charge is 0.508 e. The Morgan fingerprint density at radius 1 is 1.13 bits per heavy atom. The summed E-state index contributed by atoms with van der Waals surface area (Å²) in [4.78, 5) is 59.4. The third-order valence-corrected chi connectivity index (χ3v) is 5.65. The van der Waals surface area contributed by atoms with Gasteiger partial charge in [-0.2, -0.15) is 0 Å². The zero-order valence-corrected chi connectivity index (χ0v) is 22.9. The molecule has 2 N–H and O–H groups in total. The molecule has 0 spiro atoms. The van der Waals surface area contributed by atoms with Crippen molar-refractivity contribution in [2.45, 2.75) is 77.6 Å². The molecule has 3 atom stereocenters. The maximum absolute atomic E-state index is 13.6. The Balaban J connectivity index is 1.80. The van der Waals surface area contributed by atoms with Gasteiger partial charge >= 0.3 is 13.1 Å². The lowest BCUT2D eigenvalue weighted by Gasteiger charge is -2.33. The number of carbonyl (C=O) groups is 4. The third kappa shape index (κ3) is 9.47. The number of hydrogen-bond donors (Lipinski definition) is 2. The maximum atomic E-state index is 13.6. The summed E-state index contributed by atoms with van der Waals surface area (Å²) in [6.45, 7) is 9.02. The second-order valence-electron chi connectivity index (χ2n) is 10.8. The van der Waals surface area contributed by atoms with Gasteiger partial charge in [0.05, 0.1) is 18.6 Å². The summed E-state index contributed by atoms with van der Waals surface area (Å²) in [5.41, 5.74) is 0.115. The lowest BCUT2D eigenvalue weighted by molar-refractivity contribution is -0.171. The Bertz CT molecular complexity index is 1140. The highest BCUT2D eigenvalue weighted by molar-refractivity contribution is 6.50. The topological polar surface area (TPSA) is 146 Å². The molecule has 1 aliphatic heterocycles. The van der Waals surface area contributed by atoms with Crippen molar-refractivity contribution in [3.63, 3.8) is 0 Å². The first kappa shape index (κ1) is 29.8. The zero-order chi connectivity index (χ0) is 28.6. The molecule has 1 saturated heterocycles. The van der Waals surface area contributed by atoms with Crippen LogP contribution in [0, 0.1) is 5.92 Å². The third-order valence-electron chi connectivity index (χ3n) is 5.65. The molecular formula is C27H35BN4O7. The van der Waals surface area contributed by atoms with Crippen LogP contribution in [-0.2, 0) is 34.9 Å². The largest absolute Gasteiger partial charge is 0.551 e. The van der Waals surface area contributed by atoms with Crippen LogP contribution in [0.4, 0.5) is 0 Å². The van der Waals surface area contributed by atoms with Crippen LogP contribution in [0.2, 0.25) is 0 Å². The molecule has 1 aliphatic rings. The first-order chi connectivity index (χ1) is 18.4. The molecule has 0 radical (unpaired) electrons. The molecular weight excluding hydrogens is 503 g/mol. The van der Waals surface area contributed by atoms with Crippen LogP contribution in [0.25, 0.3) is 0 Å². The van der Waals surface area contributed by atoms with Gasteiger partial charge in [0.25, 0.3) is 11.9 Å². The molecule has 2 amide bonds. The highest BCUT2D eigenvalue weighted by atomic mass is 16.7. The number of hydrogen-bond acceptors (Lipinski definition) is 9. The quantitative estimate of drug-likeness (QED) is 0.343. The van der Waals surface area contributed by atoms with Gasteiger partial charge < -0.3 is 24.7 Å². The van der Waals surface area contributed by atoms with Crippen molar-refractivity contribution in [2.75, 3.05) is 0 Å². The number of benzene rings is 1. The predicted octanol–water partition coefficient (Wildman–Crippen LogP) is 2.05. The van der Waals surface area contributed by atoms with Crippen molar-refractivity contribution in [1.29, 1.82) is 0 Å². The molecule has 12 heteroatoms. The number of amides is 2. The standard InChI is InChI=1S/C27H35BN4O7/c1-17(2)13-22(28-38-21(15-23(33)39-28)26(36)37-27(3,4)5)32-24(34)19(14-18-9-7-6-8-10-18)31-25(35)20-16-29-11-12-30-20/h6-12,16-17,19,21-22H,13-15H2,1-5H3,(H,31,35)(H,32,34)/t19-,21+,22-/m0/s1. The molecule has 1 aromatic carbocycles. The van der Waals surface area contributed by atoms with Crippen LogP contribution in [-0.4, -0.2) is 64.5 Å². The van der Waals surface area contributed by atoms with Gasteiger partial charge in [-0.25, -0.2) is 9.78 Å². The minimum atomic E-state index is -1.22. The van der Waals surface area contributed by atoms with Crippen LogP contribution >= 0.6 is 0 Å². The van der Waals surface area contributed by atoms with E-state index in [4.69, 9.17) is 14.0 Å². The molecule has 2 aromatic rings. The van der Waals surface area contributed by atoms with Crippen LogP contribution < -0.4 is 10.6 Å². The van der Waals surface area contributed by atoms with Gasteiger partial charge in [-0.05, 0) is 38.7 Å². The summed E-state index contributed by atoms with van der Waals surface area (Å²) in [5.74, 6) is -3.12. The van der Waals surface area contributed by atoms with Crippen molar-refractivity contribution in [2.24, 2.45) is 5.92 Å². The van der Waals surface area contributed by atoms with Crippen LogP contribution in [0.3, 0.4) is 0 Å². The first-order valence-corrected chi connectivity index (χ1v) is 12.9. The molecule has 1 fully saturated rings. The van der Waals surface area contributed by atoms with Gasteiger partial charge in [-0.1, -0.05) is 44.2 Å². The Kier molecular flexibility index (Phi) is 10.2. The molecule has 2 heterocycles. The monoisotopic (exact) mass is 538 g/mol. The van der Waals surface area contributed by atoms with Crippen molar-refractivity contribution >= 4 is 30.9 Å². The SMILES string of the molecule is CC(C)C[C@H](NC(=O)[C@H](Cc1ccccc1)NC(=O)c1cnccn1)B1OC(=O)C[C@H](C(=O)OC(C)(C)C)O1. The molecule has 1 aromatic heterocycles. The van der Waals surface area contributed by atoms with E-state index in [9.17, 15) is 19.2 Å². The molecule has 0 bridgehead atoms. The number of nitrogens with one attached hydrogen (secondary N) is 2. The van der Waals surface area contributed by atoms with Gasteiger partial charge in [0.1, 0.15) is 17.3 Å². The number of carbonyl (C=O) groups excluding carboxylic acids is 4. The summed E-state index contributed by atoms with van der Waals surface area (Å²) in [7, 11) is -1.22. The number of rotatable bonds is 10. The molecule has 3 rings (SSSR count). The number of esters is 1. The van der Waals surface area contributed by atoms with Crippen molar-refractivity contribution in [1.82, 2.24) is 20.6 Å². The fraction of sp³-hybridized carbons (Fsp3) is 0.481. The van der Waals surface area contributed by atoms with Crippen molar-refractivity contribution < 1.29 is 33.2 Å². The number of ether oxygens (including phenoxy) is 1. The second kappa shape index (κ2) is 13.3. The summed E-state index contributed by atoms with van der Waals surface area (Å²) in [5, 5.41) is 5.61. The van der Waals surface area contributed by atoms with Gasteiger partial charge in [0, 0.05) is 18.8 Å². The Hall–Kier alpha value is -3.80. The van der Waals surface area contributed by atoms with Gasteiger partial charge in [0.15, 0.2) is 6.10 Å². The fourth-order valence-electron chi connectivity index (χ4n) is 3.99. The van der Waals surface area contributed by atoms with Gasteiger partial charge in [0.2, 0.25) is 5.91 Å². The summed E-state index contributed by atoms with van der Waals surface area (Å²) < 4.78 is 16.6.